The van der Waals surface area contributed by atoms with Gasteiger partial charge >= 0.3 is 6.09 Å². The summed E-state index contributed by atoms with van der Waals surface area (Å²) in [6.45, 7) is 1.09. The number of benzene rings is 2. The van der Waals surface area contributed by atoms with Crippen LogP contribution in [0.1, 0.15) is 5.56 Å². The Morgan fingerprint density at radius 1 is 1.09 bits per heavy atom. The van der Waals surface area contributed by atoms with Crippen LogP contribution in [0.15, 0.2) is 54.6 Å². The van der Waals surface area contributed by atoms with Crippen molar-refractivity contribution in [3.63, 3.8) is 0 Å². The zero-order chi connectivity index (χ0) is 15.8. The summed E-state index contributed by atoms with van der Waals surface area (Å²) in [6, 6.07) is 16.7. The summed E-state index contributed by atoms with van der Waals surface area (Å²) >= 11 is 5.80. The van der Waals surface area contributed by atoms with Crippen molar-refractivity contribution in [2.45, 2.75) is 6.61 Å². The maximum absolute atomic E-state index is 11.8. The largest absolute Gasteiger partial charge is 0.492 e. The molecule has 0 aliphatic rings. The standard InChI is InChI=1S/C17H18ClNO3/c1-19(11-12-21-16-9-7-15(18)8-10-16)17(20)22-13-14-5-3-2-4-6-14/h2-10H,11-13H2,1H3. The van der Waals surface area contributed by atoms with E-state index in [1.165, 1.54) is 4.90 Å². The number of likely N-dealkylation sites (N-methyl/N-ethyl adjacent to an activating group) is 1. The van der Waals surface area contributed by atoms with Gasteiger partial charge in [0.05, 0.1) is 6.54 Å². The highest BCUT2D eigenvalue weighted by Gasteiger charge is 2.10. The van der Waals surface area contributed by atoms with E-state index in [-0.39, 0.29) is 12.7 Å². The van der Waals surface area contributed by atoms with Gasteiger partial charge in [-0.05, 0) is 29.8 Å². The molecule has 116 valence electrons. The summed E-state index contributed by atoms with van der Waals surface area (Å²) < 4.78 is 10.8. The molecule has 4 nitrogen and oxygen atoms in total. The maximum Gasteiger partial charge on any atom is 0.409 e. The number of carbonyl (C=O) groups is 1. The Kier molecular flexibility index (Phi) is 6.10. The number of hydrogen-bond donors (Lipinski definition) is 0. The molecule has 0 bridgehead atoms. The molecular formula is C17H18ClNO3. The van der Waals surface area contributed by atoms with Gasteiger partial charge in [-0.2, -0.15) is 0 Å². The van der Waals surface area contributed by atoms with Gasteiger partial charge in [-0.1, -0.05) is 41.9 Å². The summed E-state index contributed by atoms with van der Waals surface area (Å²) in [5.41, 5.74) is 0.960. The normalized spacial score (nSPS) is 10.1. The molecular weight excluding hydrogens is 302 g/mol. The number of nitrogens with zero attached hydrogens (tertiary/aromatic N) is 1. The average Bonchev–Trinajstić information content (AvgIpc) is 2.55. The molecule has 0 aromatic heterocycles. The Labute approximate surface area is 135 Å². The lowest BCUT2D eigenvalue weighted by molar-refractivity contribution is 0.0994. The van der Waals surface area contributed by atoms with Gasteiger partial charge in [-0.25, -0.2) is 4.79 Å². The van der Waals surface area contributed by atoms with Gasteiger partial charge in [-0.15, -0.1) is 0 Å². The minimum atomic E-state index is -0.372. The summed E-state index contributed by atoms with van der Waals surface area (Å²) in [5, 5.41) is 0.661. The molecule has 22 heavy (non-hydrogen) atoms. The second-order valence-corrected chi connectivity index (χ2v) is 5.20. The van der Waals surface area contributed by atoms with E-state index < -0.39 is 0 Å². The van der Waals surface area contributed by atoms with E-state index in [4.69, 9.17) is 21.1 Å². The first-order valence-corrected chi connectivity index (χ1v) is 7.33. The monoisotopic (exact) mass is 319 g/mol. The van der Waals surface area contributed by atoms with Crippen molar-refractivity contribution in [3.05, 3.63) is 65.2 Å². The molecule has 0 radical (unpaired) electrons. The summed E-state index contributed by atoms with van der Waals surface area (Å²) in [5.74, 6) is 0.718. The zero-order valence-electron chi connectivity index (χ0n) is 12.4. The maximum atomic E-state index is 11.8. The number of amides is 1. The molecule has 0 heterocycles. The molecule has 0 unspecified atom stereocenters. The topological polar surface area (TPSA) is 38.8 Å². The highest BCUT2D eigenvalue weighted by molar-refractivity contribution is 6.30. The summed E-state index contributed by atoms with van der Waals surface area (Å²) in [7, 11) is 1.68. The van der Waals surface area contributed by atoms with Crippen LogP contribution in [-0.4, -0.2) is 31.2 Å². The van der Waals surface area contributed by atoms with Crippen LogP contribution in [0.25, 0.3) is 0 Å². The minimum Gasteiger partial charge on any atom is -0.492 e. The third-order valence-electron chi connectivity index (χ3n) is 3.03. The molecule has 2 aromatic rings. The van der Waals surface area contributed by atoms with E-state index >= 15 is 0 Å². The van der Waals surface area contributed by atoms with E-state index in [0.29, 0.717) is 18.2 Å². The quantitative estimate of drug-likeness (QED) is 0.808. The minimum absolute atomic E-state index is 0.266. The molecule has 0 atom stereocenters. The second-order valence-electron chi connectivity index (χ2n) is 4.76. The van der Waals surface area contributed by atoms with Gasteiger partial charge in [0.2, 0.25) is 0 Å². The van der Waals surface area contributed by atoms with Crippen LogP contribution < -0.4 is 4.74 Å². The van der Waals surface area contributed by atoms with Crippen molar-refractivity contribution in [2.24, 2.45) is 0 Å². The van der Waals surface area contributed by atoms with E-state index in [1.54, 1.807) is 31.3 Å². The molecule has 0 N–H and O–H groups in total. The third kappa shape index (κ3) is 5.30. The second kappa shape index (κ2) is 8.29. The molecule has 0 aliphatic carbocycles. The van der Waals surface area contributed by atoms with Crippen LogP contribution in [0.2, 0.25) is 5.02 Å². The molecule has 1 amide bonds. The Morgan fingerprint density at radius 2 is 1.77 bits per heavy atom. The molecule has 0 saturated heterocycles. The van der Waals surface area contributed by atoms with Gasteiger partial charge in [0, 0.05) is 12.1 Å². The van der Waals surface area contributed by atoms with Crippen LogP contribution in [-0.2, 0) is 11.3 Å². The lowest BCUT2D eigenvalue weighted by Crippen LogP contribution is -2.31. The summed E-state index contributed by atoms with van der Waals surface area (Å²) in [4.78, 5) is 13.3. The number of ether oxygens (including phenoxy) is 2. The molecule has 0 saturated carbocycles. The van der Waals surface area contributed by atoms with Crippen LogP contribution in [0, 0.1) is 0 Å². The first kappa shape index (κ1) is 16.2. The van der Waals surface area contributed by atoms with Gasteiger partial charge in [-0.3, -0.25) is 0 Å². The first-order valence-electron chi connectivity index (χ1n) is 6.95. The molecule has 2 rings (SSSR count). The number of rotatable bonds is 6. The van der Waals surface area contributed by atoms with Crippen molar-refractivity contribution in [1.29, 1.82) is 0 Å². The van der Waals surface area contributed by atoms with Gasteiger partial charge in [0.25, 0.3) is 0 Å². The van der Waals surface area contributed by atoms with Crippen molar-refractivity contribution in [1.82, 2.24) is 4.90 Å². The molecule has 0 aliphatic heterocycles. The lowest BCUT2D eigenvalue weighted by atomic mass is 10.2. The number of halogens is 1. The Hall–Kier alpha value is -2.20. The summed E-state index contributed by atoms with van der Waals surface area (Å²) in [6.07, 6.45) is -0.372. The van der Waals surface area contributed by atoms with E-state index in [9.17, 15) is 4.79 Å². The van der Waals surface area contributed by atoms with Crippen LogP contribution >= 0.6 is 11.6 Å². The number of hydrogen-bond acceptors (Lipinski definition) is 3. The van der Waals surface area contributed by atoms with Gasteiger partial charge < -0.3 is 14.4 Å². The fourth-order valence-electron chi connectivity index (χ4n) is 1.75. The highest BCUT2D eigenvalue weighted by atomic mass is 35.5. The number of carbonyl (C=O) groups excluding carboxylic acids is 1. The molecule has 5 heteroatoms. The first-order chi connectivity index (χ1) is 10.6. The van der Waals surface area contributed by atoms with Crippen LogP contribution in [0.4, 0.5) is 4.79 Å². The molecule has 0 spiro atoms. The highest BCUT2D eigenvalue weighted by Crippen LogP contribution is 2.15. The van der Waals surface area contributed by atoms with Gasteiger partial charge in [0.15, 0.2) is 0 Å². The Balaban J connectivity index is 1.69. The van der Waals surface area contributed by atoms with Crippen LogP contribution in [0.3, 0.4) is 0 Å². The predicted octanol–water partition coefficient (Wildman–Crippen LogP) is 3.99. The SMILES string of the molecule is CN(CCOc1ccc(Cl)cc1)C(=O)OCc1ccccc1. The molecule has 0 fully saturated rings. The fourth-order valence-corrected chi connectivity index (χ4v) is 1.88. The van der Waals surface area contributed by atoms with E-state index in [0.717, 1.165) is 11.3 Å². The van der Waals surface area contributed by atoms with E-state index in [1.807, 2.05) is 30.3 Å². The van der Waals surface area contributed by atoms with Crippen molar-refractivity contribution >= 4 is 17.7 Å². The predicted molar refractivity (Wildman–Crippen MR) is 86.2 cm³/mol. The molecule has 2 aromatic carbocycles. The van der Waals surface area contributed by atoms with Crippen molar-refractivity contribution in [3.8, 4) is 5.75 Å². The average molecular weight is 320 g/mol. The smallest absolute Gasteiger partial charge is 0.409 e. The van der Waals surface area contributed by atoms with Crippen LogP contribution in [0.5, 0.6) is 5.75 Å². The Bertz CT molecular complexity index is 587. The third-order valence-corrected chi connectivity index (χ3v) is 3.28. The zero-order valence-corrected chi connectivity index (χ0v) is 13.1. The lowest BCUT2D eigenvalue weighted by Gasteiger charge is -2.17. The van der Waals surface area contributed by atoms with Gasteiger partial charge in [0.1, 0.15) is 19.0 Å². The fraction of sp³-hybridized carbons (Fsp3) is 0.235. The van der Waals surface area contributed by atoms with E-state index in [2.05, 4.69) is 0 Å². The van der Waals surface area contributed by atoms with Crippen molar-refractivity contribution < 1.29 is 14.3 Å². The van der Waals surface area contributed by atoms with Crippen molar-refractivity contribution in [2.75, 3.05) is 20.2 Å². The Morgan fingerprint density at radius 3 is 2.45 bits per heavy atom.